The number of aromatic amines is 1. The number of hydrogen-bond donors (Lipinski definition) is 2. The molecule has 0 atom stereocenters. The van der Waals surface area contributed by atoms with Crippen molar-refractivity contribution < 1.29 is 23.1 Å². The van der Waals surface area contributed by atoms with E-state index in [-0.39, 0.29) is 5.56 Å². The smallest absolute Gasteiger partial charge is 0.337 e. The van der Waals surface area contributed by atoms with Gasteiger partial charge >= 0.3 is 5.97 Å². The molecule has 0 saturated heterocycles. The van der Waals surface area contributed by atoms with Crippen molar-refractivity contribution >= 4 is 27.0 Å². The van der Waals surface area contributed by atoms with Gasteiger partial charge in [-0.15, -0.1) is 0 Å². The monoisotopic (exact) mass is 431 g/mol. The summed E-state index contributed by atoms with van der Waals surface area (Å²) in [7, 11) is -0.550. The average molecular weight is 432 g/mol. The van der Waals surface area contributed by atoms with Crippen LogP contribution in [0.15, 0.2) is 35.2 Å². The summed E-state index contributed by atoms with van der Waals surface area (Å²) < 4.78 is 32.7. The number of rotatable bonds is 8. The molecule has 2 aromatic carbocycles. The molecule has 0 spiro atoms. The number of carboxylic acid groups (broad SMARTS) is 1. The Hall–Kier alpha value is -2.91. The first-order valence-corrected chi connectivity index (χ1v) is 10.9. The van der Waals surface area contributed by atoms with E-state index in [4.69, 9.17) is 4.74 Å². The Morgan fingerprint density at radius 1 is 1.23 bits per heavy atom. The number of aromatic carboxylic acids is 1. The summed E-state index contributed by atoms with van der Waals surface area (Å²) >= 11 is 0. The Labute approximate surface area is 175 Å². The molecular formula is C21H25N3O5S. The predicted octanol–water partition coefficient (Wildman–Crippen LogP) is 3.14. The maximum atomic E-state index is 13.1. The summed E-state index contributed by atoms with van der Waals surface area (Å²) in [4.78, 5) is 19.1. The standard InChI is InChI=1S/C21H25N3O5S/c1-13-11-15(29-4)12-14(2)20(13)30(27,28)24(3)10-6-9-18-22-17-8-5-7-16(21(25)26)19(17)23-18/h5,7-8,11-12H,6,9-10H2,1-4H3,(H,22,23)(H,25,26). The molecule has 8 nitrogen and oxygen atoms in total. The maximum absolute atomic E-state index is 13.1. The van der Waals surface area contributed by atoms with Crippen molar-refractivity contribution in [1.29, 1.82) is 0 Å². The first-order chi connectivity index (χ1) is 14.1. The van der Waals surface area contributed by atoms with E-state index in [2.05, 4.69) is 9.97 Å². The fourth-order valence-electron chi connectivity index (χ4n) is 3.55. The minimum Gasteiger partial charge on any atom is -0.497 e. The number of carbonyl (C=O) groups is 1. The first kappa shape index (κ1) is 21.8. The van der Waals surface area contributed by atoms with Crippen LogP contribution in [0.5, 0.6) is 5.75 Å². The topological polar surface area (TPSA) is 113 Å². The van der Waals surface area contributed by atoms with Crippen molar-refractivity contribution in [2.75, 3.05) is 20.7 Å². The number of aromatic nitrogens is 2. The fourth-order valence-corrected chi connectivity index (χ4v) is 5.17. The number of para-hydroxylation sites is 1. The van der Waals surface area contributed by atoms with Crippen molar-refractivity contribution in [2.24, 2.45) is 0 Å². The SMILES string of the molecule is COc1cc(C)c(S(=O)(=O)N(C)CCCc2nc3c(C(=O)O)cccc3[nH]2)c(C)c1. The van der Waals surface area contributed by atoms with Crippen molar-refractivity contribution in [1.82, 2.24) is 14.3 Å². The Kier molecular flexibility index (Phi) is 6.14. The van der Waals surface area contributed by atoms with Crippen LogP contribution in [-0.2, 0) is 16.4 Å². The second-order valence-electron chi connectivity index (χ2n) is 7.21. The van der Waals surface area contributed by atoms with Gasteiger partial charge in [-0.3, -0.25) is 0 Å². The lowest BCUT2D eigenvalue weighted by Crippen LogP contribution is -2.29. The third kappa shape index (κ3) is 4.17. The molecular weight excluding hydrogens is 406 g/mol. The molecule has 0 radical (unpaired) electrons. The Bertz CT molecular complexity index is 1180. The fraction of sp³-hybridized carbons (Fsp3) is 0.333. The van der Waals surface area contributed by atoms with E-state index in [1.807, 2.05) is 0 Å². The molecule has 0 aliphatic rings. The lowest BCUT2D eigenvalue weighted by molar-refractivity contribution is 0.0699. The molecule has 0 bridgehead atoms. The minimum atomic E-state index is -3.65. The zero-order valence-electron chi connectivity index (χ0n) is 17.4. The van der Waals surface area contributed by atoms with Crippen molar-refractivity contribution in [3.05, 3.63) is 52.8 Å². The van der Waals surface area contributed by atoms with Gasteiger partial charge < -0.3 is 14.8 Å². The number of nitrogens with zero attached hydrogens (tertiary/aromatic N) is 2. The van der Waals surface area contributed by atoms with Crippen molar-refractivity contribution in [3.63, 3.8) is 0 Å². The van der Waals surface area contributed by atoms with Crippen molar-refractivity contribution in [2.45, 2.75) is 31.6 Å². The van der Waals surface area contributed by atoms with Crippen LogP contribution in [0.3, 0.4) is 0 Å². The van der Waals surface area contributed by atoms with E-state index < -0.39 is 16.0 Å². The Balaban J connectivity index is 1.73. The Morgan fingerprint density at radius 2 is 1.90 bits per heavy atom. The van der Waals surface area contributed by atoms with Gasteiger partial charge in [0.1, 0.15) is 17.1 Å². The molecule has 0 amide bonds. The second-order valence-corrected chi connectivity index (χ2v) is 9.19. The van der Waals surface area contributed by atoms with Crippen LogP contribution in [0.25, 0.3) is 11.0 Å². The van der Waals surface area contributed by atoms with Gasteiger partial charge in [-0.25, -0.2) is 22.5 Å². The highest BCUT2D eigenvalue weighted by Crippen LogP contribution is 2.28. The molecule has 30 heavy (non-hydrogen) atoms. The van der Waals surface area contributed by atoms with Gasteiger partial charge in [-0.2, -0.15) is 0 Å². The number of fused-ring (bicyclic) bond motifs is 1. The number of H-pyrrole nitrogens is 1. The van der Waals surface area contributed by atoms with E-state index >= 15 is 0 Å². The predicted molar refractivity (Wildman–Crippen MR) is 114 cm³/mol. The summed E-state index contributed by atoms with van der Waals surface area (Å²) in [6.07, 6.45) is 1.03. The lowest BCUT2D eigenvalue weighted by atomic mass is 10.1. The minimum absolute atomic E-state index is 0.139. The molecule has 1 heterocycles. The van der Waals surface area contributed by atoms with Gasteiger partial charge in [0.15, 0.2) is 0 Å². The Morgan fingerprint density at radius 3 is 2.50 bits per heavy atom. The summed E-state index contributed by atoms with van der Waals surface area (Å²) in [5.74, 6) is 0.216. The summed E-state index contributed by atoms with van der Waals surface area (Å²) in [6, 6.07) is 8.36. The number of methoxy groups -OCH3 is 1. The molecule has 9 heteroatoms. The maximum Gasteiger partial charge on any atom is 0.337 e. The highest BCUT2D eigenvalue weighted by Gasteiger charge is 2.25. The van der Waals surface area contributed by atoms with Gasteiger partial charge in [0.05, 0.1) is 23.1 Å². The van der Waals surface area contributed by atoms with Crippen LogP contribution in [0.1, 0.15) is 33.7 Å². The van der Waals surface area contributed by atoms with Crippen LogP contribution >= 0.6 is 0 Å². The van der Waals surface area contributed by atoms with E-state index in [1.165, 1.54) is 10.4 Å². The van der Waals surface area contributed by atoms with E-state index in [9.17, 15) is 18.3 Å². The van der Waals surface area contributed by atoms with E-state index in [0.717, 1.165) is 0 Å². The molecule has 160 valence electrons. The normalized spacial score (nSPS) is 11.9. The van der Waals surface area contributed by atoms with Gasteiger partial charge in [0, 0.05) is 20.0 Å². The first-order valence-electron chi connectivity index (χ1n) is 9.47. The molecule has 0 saturated carbocycles. The van der Waals surface area contributed by atoms with E-state index in [0.29, 0.717) is 58.0 Å². The zero-order chi connectivity index (χ0) is 22.1. The number of hydrogen-bond acceptors (Lipinski definition) is 5. The summed E-state index contributed by atoms with van der Waals surface area (Å²) in [5.41, 5.74) is 2.47. The van der Waals surface area contributed by atoms with Crippen LogP contribution < -0.4 is 4.74 Å². The molecule has 2 N–H and O–H groups in total. The van der Waals surface area contributed by atoms with Crippen LogP contribution in [0.2, 0.25) is 0 Å². The van der Waals surface area contributed by atoms with Gasteiger partial charge in [0.2, 0.25) is 10.0 Å². The number of carboxylic acids is 1. The average Bonchev–Trinajstić information content (AvgIpc) is 3.09. The molecule has 0 aliphatic carbocycles. The van der Waals surface area contributed by atoms with Gasteiger partial charge in [-0.1, -0.05) is 6.07 Å². The summed E-state index contributed by atoms with van der Waals surface area (Å²) in [5, 5.41) is 9.28. The molecule has 0 fully saturated rings. The number of sulfonamides is 1. The highest BCUT2D eigenvalue weighted by molar-refractivity contribution is 7.89. The number of aryl methyl sites for hydroxylation is 3. The van der Waals surface area contributed by atoms with Crippen LogP contribution in [0, 0.1) is 13.8 Å². The van der Waals surface area contributed by atoms with Crippen molar-refractivity contribution in [3.8, 4) is 5.75 Å². The third-order valence-electron chi connectivity index (χ3n) is 5.02. The zero-order valence-corrected chi connectivity index (χ0v) is 18.2. The second kappa shape index (κ2) is 8.45. The highest BCUT2D eigenvalue weighted by atomic mass is 32.2. The number of ether oxygens (including phenoxy) is 1. The largest absolute Gasteiger partial charge is 0.497 e. The molecule has 3 aromatic rings. The lowest BCUT2D eigenvalue weighted by Gasteiger charge is -2.20. The number of nitrogens with one attached hydrogen (secondary N) is 1. The van der Waals surface area contributed by atoms with Crippen LogP contribution in [-0.4, -0.2) is 54.5 Å². The number of benzene rings is 2. The third-order valence-corrected chi connectivity index (χ3v) is 7.18. The van der Waals surface area contributed by atoms with Gasteiger partial charge in [0.25, 0.3) is 0 Å². The molecule has 0 unspecified atom stereocenters. The molecule has 1 aromatic heterocycles. The van der Waals surface area contributed by atoms with Crippen LogP contribution in [0.4, 0.5) is 0 Å². The van der Waals surface area contributed by atoms with E-state index in [1.54, 1.807) is 52.3 Å². The number of imidazole rings is 1. The summed E-state index contributed by atoms with van der Waals surface area (Å²) in [6.45, 7) is 3.81. The molecule has 0 aliphatic heterocycles. The molecule has 3 rings (SSSR count). The van der Waals surface area contributed by atoms with Gasteiger partial charge in [-0.05, 0) is 55.7 Å². The quantitative estimate of drug-likeness (QED) is 0.567.